The zero-order valence-electron chi connectivity index (χ0n) is 17.6. The smallest absolute Gasteiger partial charge is 0.294 e. The molecule has 0 aliphatic rings. The predicted octanol–water partition coefficient (Wildman–Crippen LogP) is 3.39. The van der Waals surface area contributed by atoms with Gasteiger partial charge in [0.05, 0.1) is 6.61 Å². The summed E-state index contributed by atoms with van der Waals surface area (Å²) in [4.78, 5) is 19.9. The molecule has 0 bridgehead atoms. The van der Waals surface area contributed by atoms with Crippen molar-refractivity contribution in [1.29, 1.82) is 0 Å². The molecule has 8 nitrogen and oxygen atoms in total. The lowest BCUT2D eigenvalue weighted by atomic mass is 10.0. The molecule has 32 heavy (non-hydrogen) atoms. The van der Waals surface area contributed by atoms with Crippen molar-refractivity contribution >= 4 is 11.7 Å². The maximum atomic E-state index is 12.6. The second-order valence-corrected chi connectivity index (χ2v) is 7.17. The van der Waals surface area contributed by atoms with Crippen molar-refractivity contribution in [2.45, 2.75) is 13.3 Å². The summed E-state index contributed by atoms with van der Waals surface area (Å²) in [5.74, 6) is 1.41. The van der Waals surface area contributed by atoms with E-state index in [-0.39, 0.29) is 19.0 Å². The summed E-state index contributed by atoms with van der Waals surface area (Å²) in [6, 6.07) is 19.2. The summed E-state index contributed by atoms with van der Waals surface area (Å²) < 4.78 is 5.59. The van der Waals surface area contributed by atoms with Gasteiger partial charge >= 0.3 is 0 Å². The molecule has 0 aliphatic carbocycles. The molecule has 8 heteroatoms. The average Bonchev–Trinajstić information content (AvgIpc) is 3.28. The molecule has 3 N–H and O–H groups in total. The van der Waals surface area contributed by atoms with E-state index < -0.39 is 5.91 Å². The quantitative estimate of drug-likeness (QED) is 0.396. The molecule has 2 aromatic heterocycles. The van der Waals surface area contributed by atoms with Gasteiger partial charge in [-0.2, -0.15) is 0 Å². The van der Waals surface area contributed by atoms with Gasteiger partial charge in [-0.15, -0.1) is 10.2 Å². The number of benzene rings is 2. The molecule has 0 aliphatic heterocycles. The van der Waals surface area contributed by atoms with E-state index in [2.05, 4.69) is 25.5 Å². The van der Waals surface area contributed by atoms with Gasteiger partial charge in [0.25, 0.3) is 5.91 Å². The number of carbonyl (C=O) groups excluding carboxylic acids is 1. The van der Waals surface area contributed by atoms with Crippen molar-refractivity contribution in [1.82, 2.24) is 20.2 Å². The zero-order valence-corrected chi connectivity index (χ0v) is 17.6. The third-order valence-corrected chi connectivity index (χ3v) is 4.91. The van der Waals surface area contributed by atoms with Crippen LogP contribution in [0.5, 0.6) is 5.75 Å². The van der Waals surface area contributed by atoms with Gasteiger partial charge in [-0.05, 0) is 47.4 Å². The third-order valence-electron chi connectivity index (χ3n) is 4.91. The second-order valence-electron chi connectivity index (χ2n) is 7.17. The van der Waals surface area contributed by atoms with E-state index in [0.717, 1.165) is 22.3 Å². The minimum absolute atomic E-state index is 0.0518. The minimum Gasteiger partial charge on any atom is -0.491 e. The molecule has 1 amide bonds. The monoisotopic (exact) mass is 429 g/mol. The maximum absolute atomic E-state index is 12.6. The minimum atomic E-state index is -0.418. The summed E-state index contributed by atoms with van der Waals surface area (Å²) >= 11 is 0. The number of hydrogen-bond acceptors (Lipinski definition) is 6. The van der Waals surface area contributed by atoms with E-state index in [1.165, 1.54) is 0 Å². The number of ether oxygens (including phenoxy) is 1. The largest absolute Gasteiger partial charge is 0.491 e. The third kappa shape index (κ3) is 4.98. The molecule has 0 spiro atoms. The number of aliphatic hydroxyl groups excluding tert-OH is 1. The molecule has 0 radical (unpaired) electrons. The van der Waals surface area contributed by atoms with Crippen molar-refractivity contribution < 1.29 is 14.6 Å². The van der Waals surface area contributed by atoms with Crippen LogP contribution in [0.1, 0.15) is 27.6 Å². The van der Waals surface area contributed by atoms with Gasteiger partial charge in [0.15, 0.2) is 0 Å². The predicted molar refractivity (Wildman–Crippen MR) is 121 cm³/mol. The normalized spacial score (nSPS) is 10.7. The molecule has 0 unspecified atom stereocenters. The fraction of sp³-hybridized carbons (Fsp3) is 0.167. The molecular weight excluding hydrogens is 406 g/mol. The highest BCUT2D eigenvalue weighted by Gasteiger charge is 2.14. The fourth-order valence-corrected chi connectivity index (χ4v) is 3.35. The molecular formula is C24H23N5O3. The van der Waals surface area contributed by atoms with Crippen LogP contribution in [0, 0.1) is 6.92 Å². The molecule has 2 heterocycles. The number of amides is 1. The van der Waals surface area contributed by atoms with Crippen LogP contribution in [0.25, 0.3) is 11.1 Å². The van der Waals surface area contributed by atoms with Gasteiger partial charge in [-0.25, -0.2) is 4.98 Å². The summed E-state index contributed by atoms with van der Waals surface area (Å²) in [5, 5.41) is 19.8. The van der Waals surface area contributed by atoms with Crippen LogP contribution in [0.15, 0.2) is 66.9 Å². The summed E-state index contributed by atoms with van der Waals surface area (Å²) in [7, 11) is 0. The zero-order chi connectivity index (χ0) is 22.3. The first-order valence-electron chi connectivity index (χ1n) is 10.2. The molecule has 2 aromatic carbocycles. The number of nitrogens with one attached hydrogen (secondary N) is 2. The number of rotatable bonds is 8. The molecule has 0 saturated heterocycles. The lowest BCUT2D eigenvalue weighted by molar-refractivity contribution is 0.101. The van der Waals surface area contributed by atoms with E-state index in [1.54, 1.807) is 12.3 Å². The van der Waals surface area contributed by atoms with Crippen LogP contribution >= 0.6 is 0 Å². The van der Waals surface area contributed by atoms with Crippen molar-refractivity contribution in [3.63, 3.8) is 0 Å². The van der Waals surface area contributed by atoms with Crippen LogP contribution < -0.4 is 10.1 Å². The number of hydrogen-bond donors (Lipinski definition) is 3. The first-order valence-corrected chi connectivity index (χ1v) is 10.2. The van der Waals surface area contributed by atoms with Crippen LogP contribution in [0.2, 0.25) is 0 Å². The van der Waals surface area contributed by atoms with Gasteiger partial charge in [0, 0.05) is 12.6 Å². The highest BCUT2D eigenvalue weighted by Crippen LogP contribution is 2.30. The van der Waals surface area contributed by atoms with Crippen LogP contribution in [0.3, 0.4) is 0 Å². The van der Waals surface area contributed by atoms with Crippen molar-refractivity contribution in [2.75, 3.05) is 18.5 Å². The maximum Gasteiger partial charge on any atom is 0.294 e. The van der Waals surface area contributed by atoms with Gasteiger partial charge in [-0.1, -0.05) is 42.5 Å². The van der Waals surface area contributed by atoms with Gasteiger partial charge in [-0.3, -0.25) is 4.79 Å². The van der Waals surface area contributed by atoms with Crippen LogP contribution in [-0.2, 0) is 6.42 Å². The van der Waals surface area contributed by atoms with E-state index in [0.29, 0.717) is 23.8 Å². The van der Waals surface area contributed by atoms with Crippen LogP contribution in [-0.4, -0.2) is 44.4 Å². The van der Waals surface area contributed by atoms with Crippen molar-refractivity contribution in [3.05, 3.63) is 89.6 Å². The topological polar surface area (TPSA) is 113 Å². The Bertz CT molecular complexity index is 1210. The molecule has 4 aromatic rings. The highest BCUT2D eigenvalue weighted by atomic mass is 16.5. The highest BCUT2D eigenvalue weighted by molar-refractivity contribution is 6.01. The molecule has 162 valence electrons. The Kier molecular flexibility index (Phi) is 6.52. The van der Waals surface area contributed by atoms with Gasteiger partial charge < -0.3 is 20.1 Å². The molecule has 0 saturated carbocycles. The van der Waals surface area contributed by atoms with E-state index in [9.17, 15) is 4.79 Å². The SMILES string of the molecule is Cc1c(OCCO)cccc1-c1ccnc(NC(=O)c2nnc(Cc3ccccc3)[nH]2)c1. The molecule has 0 atom stereocenters. The fourth-order valence-electron chi connectivity index (χ4n) is 3.35. The Hall–Kier alpha value is -4.04. The molecule has 0 fully saturated rings. The standard InChI is InChI=1S/C24H23N5O3/c1-16-19(8-5-9-20(16)32-13-12-30)18-10-11-25-21(15-18)27-24(31)23-26-22(28-29-23)14-17-6-3-2-4-7-17/h2-11,15,30H,12-14H2,1H3,(H,25,27,31)(H,26,28,29). The number of carbonyl (C=O) groups is 1. The first-order chi connectivity index (χ1) is 15.6. The van der Waals surface area contributed by atoms with Crippen molar-refractivity contribution in [2.24, 2.45) is 0 Å². The van der Waals surface area contributed by atoms with E-state index in [4.69, 9.17) is 9.84 Å². The summed E-state index contributed by atoms with van der Waals surface area (Å²) in [6.07, 6.45) is 2.19. The van der Waals surface area contributed by atoms with Gasteiger partial charge in [0.2, 0.25) is 5.82 Å². The summed E-state index contributed by atoms with van der Waals surface area (Å²) in [6.45, 7) is 2.12. The Morgan fingerprint density at radius 2 is 1.94 bits per heavy atom. The Morgan fingerprint density at radius 3 is 2.75 bits per heavy atom. The lowest BCUT2D eigenvalue weighted by Crippen LogP contribution is -2.14. The number of pyridine rings is 1. The molecule has 4 rings (SSSR count). The number of aromatic amines is 1. The number of H-pyrrole nitrogens is 1. The van der Waals surface area contributed by atoms with Crippen LogP contribution in [0.4, 0.5) is 5.82 Å². The number of nitrogens with zero attached hydrogens (tertiary/aromatic N) is 3. The van der Waals surface area contributed by atoms with E-state index >= 15 is 0 Å². The first kappa shape index (κ1) is 21.2. The van der Waals surface area contributed by atoms with Gasteiger partial charge in [0.1, 0.15) is 24.0 Å². The Morgan fingerprint density at radius 1 is 1.09 bits per heavy atom. The van der Waals surface area contributed by atoms with E-state index in [1.807, 2.05) is 61.5 Å². The number of aromatic nitrogens is 4. The Labute approximate surface area is 185 Å². The number of aliphatic hydroxyl groups is 1. The average molecular weight is 429 g/mol. The number of anilines is 1. The second kappa shape index (κ2) is 9.84. The Balaban J connectivity index is 1.48. The lowest BCUT2D eigenvalue weighted by Gasteiger charge is -2.13. The summed E-state index contributed by atoms with van der Waals surface area (Å²) in [5.41, 5.74) is 3.84. The van der Waals surface area contributed by atoms with Crippen molar-refractivity contribution in [3.8, 4) is 16.9 Å².